The number of rotatable bonds is 3. The number of aromatic nitrogens is 3. The molecule has 2 aliphatic heterocycles. The van der Waals surface area contributed by atoms with Crippen molar-refractivity contribution in [2.45, 2.75) is 51.1 Å². The van der Waals surface area contributed by atoms with Crippen LogP contribution in [-0.2, 0) is 29.4 Å². The van der Waals surface area contributed by atoms with Crippen LogP contribution < -0.4 is 4.90 Å². The quantitative estimate of drug-likeness (QED) is 0.752. The molecule has 0 radical (unpaired) electrons. The molecule has 2 aromatic rings. The van der Waals surface area contributed by atoms with Gasteiger partial charge in [-0.25, -0.2) is 22.7 Å². The van der Waals surface area contributed by atoms with E-state index in [1.54, 1.807) is 10.6 Å². The molecule has 3 aliphatic rings. The van der Waals surface area contributed by atoms with Gasteiger partial charge in [-0.05, 0) is 25.8 Å². The summed E-state index contributed by atoms with van der Waals surface area (Å²) in [6.07, 6.45) is 12.6. The summed E-state index contributed by atoms with van der Waals surface area (Å²) in [7, 11) is -3.13. The number of piperidine rings is 1. The molecule has 1 unspecified atom stereocenters. The van der Waals surface area contributed by atoms with Crippen LogP contribution in [0.25, 0.3) is 6.08 Å². The predicted octanol–water partition coefficient (Wildman–Crippen LogP) is 2.53. The van der Waals surface area contributed by atoms with Gasteiger partial charge in [0.1, 0.15) is 6.33 Å². The monoisotopic (exact) mass is 425 g/mol. The third-order valence-electron chi connectivity index (χ3n) is 6.68. The fraction of sp³-hybridized carbons (Fsp3) is 0.500. The highest BCUT2D eigenvalue weighted by Crippen LogP contribution is 2.37. The first-order valence-electron chi connectivity index (χ1n) is 10.6. The van der Waals surface area contributed by atoms with Gasteiger partial charge in [0, 0.05) is 67.4 Å². The maximum atomic E-state index is 11.9. The van der Waals surface area contributed by atoms with E-state index in [1.807, 2.05) is 6.20 Å². The summed E-state index contributed by atoms with van der Waals surface area (Å²) in [6.45, 7) is 4.15. The molecule has 158 valence electrons. The van der Waals surface area contributed by atoms with E-state index >= 15 is 0 Å². The first-order chi connectivity index (χ1) is 14.4. The van der Waals surface area contributed by atoms with Crippen molar-refractivity contribution in [2.24, 2.45) is 0 Å². The van der Waals surface area contributed by atoms with Gasteiger partial charge in [-0.15, -0.1) is 0 Å². The molecule has 1 saturated heterocycles. The van der Waals surface area contributed by atoms with Gasteiger partial charge >= 0.3 is 0 Å². The number of nitrogens with zero attached hydrogens (tertiary/aromatic N) is 5. The Labute approximate surface area is 177 Å². The lowest BCUT2D eigenvalue weighted by Gasteiger charge is -2.39. The van der Waals surface area contributed by atoms with Crippen molar-refractivity contribution in [1.82, 2.24) is 19.3 Å². The van der Waals surface area contributed by atoms with Crippen LogP contribution in [0.1, 0.15) is 53.9 Å². The largest absolute Gasteiger partial charge is 0.363 e. The van der Waals surface area contributed by atoms with Gasteiger partial charge in [-0.2, -0.15) is 0 Å². The lowest BCUT2D eigenvalue weighted by Crippen LogP contribution is -2.41. The van der Waals surface area contributed by atoms with E-state index in [1.165, 1.54) is 23.1 Å². The zero-order valence-corrected chi connectivity index (χ0v) is 18.3. The highest BCUT2D eigenvalue weighted by molar-refractivity contribution is 7.88. The molecular weight excluding hydrogens is 398 g/mol. The third-order valence-corrected chi connectivity index (χ3v) is 7.98. The number of hydrogen-bond acceptors (Lipinski definition) is 6. The van der Waals surface area contributed by atoms with Crippen LogP contribution in [0.2, 0.25) is 0 Å². The van der Waals surface area contributed by atoms with Crippen molar-refractivity contribution in [3.05, 3.63) is 52.9 Å². The predicted molar refractivity (Wildman–Crippen MR) is 117 cm³/mol. The van der Waals surface area contributed by atoms with Crippen molar-refractivity contribution in [2.75, 3.05) is 24.2 Å². The van der Waals surface area contributed by atoms with Gasteiger partial charge in [-0.1, -0.05) is 12.2 Å². The van der Waals surface area contributed by atoms with E-state index in [0.717, 1.165) is 49.3 Å². The van der Waals surface area contributed by atoms with Gasteiger partial charge in [0.15, 0.2) is 0 Å². The van der Waals surface area contributed by atoms with Crippen LogP contribution >= 0.6 is 0 Å². The minimum Gasteiger partial charge on any atom is -0.363 e. The number of fused-ring (bicyclic) bond motifs is 2. The molecule has 0 saturated carbocycles. The summed E-state index contributed by atoms with van der Waals surface area (Å²) >= 11 is 0. The normalized spacial score (nSPS) is 22.2. The number of pyridine rings is 1. The zero-order chi connectivity index (χ0) is 20.9. The second-order valence-electron chi connectivity index (χ2n) is 8.60. The summed E-state index contributed by atoms with van der Waals surface area (Å²) in [6, 6.07) is 2.46. The van der Waals surface area contributed by atoms with Crippen LogP contribution in [0.15, 0.2) is 24.7 Å². The van der Waals surface area contributed by atoms with E-state index < -0.39 is 10.0 Å². The number of allylic oxidation sites excluding steroid dienone is 1. The standard InChI is InChI=1S/C22H27N5O2S/c1-15-12-20-18(13-27(15)21-6-9-23-19-5-3-4-17(19)21)22(25-14-24-20)16-7-10-26(11-8-16)30(2,28)29/h3-4,6,9,14-16H,5,7-8,10-13H2,1-2H3. The van der Waals surface area contributed by atoms with E-state index in [2.05, 4.69) is 40.0 Å². The second-order valence-corrected chi connectivity index (χ2v) is 10.6. The number of hydrogen-bond donors (Lipinski definition) is 0. The zero-order valence-electron chi connectivity index (χ0n) is 17.5. The average molecular weight is 426 g/mol. The fourth-order valence-corrected chi connectivity index (χ4v) is 5.93. The summed E-state index contributed by atoms with van der Waals surface area (Å²) in [4.78, 5) is 16.3. The first kappa shape index (κ1) is 19.6. The van der Waals surface area contributed by atoms with E-state index in [-0.39, 0.29) is 5.92 Å². The molecule has 1 fully saturated rings. The topological polar surface area (TPSA) is 79.3 Å². The lowest BCUT2D eigenvalue weighted by atomic mass is 9.87. The van der Waals surface area contributed by atoms with Crippen LogP contribution in [0.5, 0.6) is 0 Å². The molecule has 8 heteroatoms. The molecule has 0 aromatic carbocycles. The Morgan fingerprint density at radius 3 is 2.67 bits per heavy atom. The molecule has 0 N–H and O–H groups in total. The van der Waals surface area contributed by atoms with E-state index in [0.29, 0.717) is 19.1 Å². The lowest BCUT2D eigenvalue weighted by molar-refractivity contribution is 0.317. The molecule has 0 amide bonds. The Morgan fingerprint density at radius 1 is 1.10 bits per heavy atom. The Hall–Kier alpha value is -2.32. The first-order valence-corrected chi connectivity index (χ1v) is 12.5. The molecule has 1 aliphatic carbocycles. The highest BCUT2D eigenvalue weighted by Gasteiger charge is 2.33. The average Bonchev–Trinajstić information content (AvgIpc) is 3.21. The van der Waals surface area contributed by atoms with Gasteiger partial charge < -0.3 is 4.90 Å². The van der Waals surface area contributed by atoms with Gasteiger partial charge in [0.25, 0.3) is 0 Å². The number of anilines is 1. The molecule has 1 atom stereocenters. The maximum absolute atomic E-state index is 11.9. The Balaban J connectivity index is 1.45. The summed E-state index contributed by atoms with van der Waals surface area (Å²) in [5.74, 6) is 0.276. The molecule has 0 spiro atoms. The molecule has 2 aromatic heterocycles. The molecule has 30 heavy (non-hydrogen) atoms. The van der Waals surface area contributed by atoms with Crippen LogP contribution in [0.3, 0.4) is 0 Å². The minimum atomic E-state index is -3.13. The van der Waals surface area contributed by atoms with E-state index in [9.17, 15) is 8.42 Å². The smallest absolute Gasteiger partial charge is 0.211 e. The van der Waals surface area contributed by atoms with Crippen molar-refractivity contribution < 1.29 is 8.42 Å². The van der Waals surface area contributed by atoms with Crippen molar-refractivity contribution in [3.63, 3.8) is 0 Å². The molecular formula is C22H27N5O2S. The van der Waals surface area contributed by atoms with Crippen molar-refractivity contribution in [1.29, 1.82) is 0 Å². The Kier molecular flexibility index (Phi) is 4.86. The van der Waals surface area contributed by atoms with Crippen molar-refractivity contribution >= 4 is 21.8 Å². The van der Waals surface area contributed by atoms with Gasteiger partial charge in [0.2, 0.25) is 10.0 Å². The van der Waals surface area contributed by atoms with Crippen LogP contribution in [-0.4, -0.2) is 53.1 Å². The van der Waals surface area contributed by atoms with E-state index in [4.69, 9.17) is 4.98 Å². The highest BCUT2D eigenvalue weighted by atomic mass is 32.2. The fourth-order valence-electron chi connectivity index (χ4n) is 5.05. The Bertz CT molecular complexity index is 1110. The molecule has 4 heterocycles. The maximum Gasteiger partial charge on any atom is 0.211 e. The van der Waals surface area contributed by atoms with Crippen LogP contribution in [0.4, 0.5) is 5.69 Å². The summed E-state index contributed by atoms with van der Waals surface area (Å²) in [5, 5.41) is 0. The van der Waals surface area contributed by atoms with Gasteiger partial charge in [0.05, 0.1) is 23.3 Å². The molecule has 7 nitrogen and oxygen atoms in total. The summed E-state index contributed by atoms with van der Waals surface area (Å²) in [5.41, 5.74) is 7.06. The second kappa shape index (κ2) is 7.42. The van der Waals surface area contributed by atoms with Crippen LogP contribution in [0, 0.1) is 0 Å². The third kappa shape index (κ3) is 3.41. The number of sulfonamides is 1. The minimum absolute atomic E-state index is 0.276. The summed E-state index contributed by atoms with van der Waals surface area (Å²) < 4.78 is 25.3. The molecule has 5 rings (SSSR count). The Morgan fingerprint density at radius 2 is 1.90 bits per heavy atom. The van der Waals surface area contributed by atoms with Crippen molar-refractivity contribution in [3.8, 4) is 0 Å². The van der Waals surface area contributed by atoms with Gasteiger partial charge in [-0.3, -0.25) is 4.98 Å². The SMILES string of the molecule is CC1Cc2ncnc(C3CCN(S(C)(=O)=O)CC3)c2CN1c1ccnc2c1C=CC2. The molecule has 0 bridgehead atoms.